The minimum atomic E-state index is -3.53. The smallest absolute Gasteiger partial charge is 0.254 e. The van der Waals surface area contributed by atoms with E-state index in [2.05, 4.69) is 31.4 Å². The van der Waals surface area contributed by atoms with E-state index < -0.39 is 10.0 Å². The summed E-state index contributed by atoms with van der Waals surface area (Å²) in [5.74, 6) is -0.236. The number of fused-ring (bicyclic) bond motifs is 1. The van der Waals surface area contributed by atoms with E-state index in [9.17, 15) is 13.2 Å². The Balaban J connectivity index is 1.27. The maximum atomic E-state index is 12.8. The van der Waals surface area contributed by atoms with Gasteiger partial charge in [0.2, 0.25) is 10.0 Å². The number of sulfonamides is 1. The van der Waals surface area contributed by atoms with Crippen LogP contribution in [0, 0.1) is 0 Å². The van der Waals surface area contributed by atoms with Crippen molar-refractivity contribution in [2.24, 2.45) is 5.10 Å². The predicted molar refractivity (Wildman–Crippen MR) is 123 cm³/mol. The van der Waals surface area contributed by atoms with E-state index in [0.717, 1.165) is 20.9 Å². The minimum Gasteiger partial charge on any atom is -0.361 e. The second-order valence-electron chi connectivity index (χ2n) is 7.22. The number of amides is 1. The molecule has 10 heteroatoms. The van der Waals surface area contributed by atoms with E-state index in [1.165, 1.54) is 4.31 Å². The van der Waals surface area contributed by atoms with Gasteiger partial charge in [-0.2, -0.15) is 9.41 Å². The molecule has 2 aromatic carbocycles. The van der Waals surface area contributed by atoms with E-state index in [0.29, 0.717) is 26.2 Å². The minimum absolute atomic E-state index is 0.164. The summed E-state index contributed by atoms with van der Waals surface area (Å²) in [6.45, 7) is 1.80. The molecule has 1 fully saturated rings. The molecule has 1 aliphatic rings. The molecule has 0 aliphatic carbocycles. The van der Waals surface area contributed by atoms with Crippen LogP contribution in [0.1, 0.15) is 5.56 Å². The van der Waals surface area contributed by atoms with Gasteiger partial charge in [-0.15, -0.1) is 0 Å². The summed E-state index contributed by atoms with van der Waals surface area (Å²) in [4.78, 5) is 17.6. The van der Waals surface area contributed by atoms with Gasteiger partial charge in [0.05, 0.1) is 17.7 Å². The van der Waals surface area contributed by atoms with Gasteiger partial charge in [0, 0.05) is 53.3 Å². The maximum Gasteiger partial charge on any atom is 0.254 e. The summed E-state index contributed by atoms with van der Waals surface area (Å²) in [6.07, 6.45) is 3.45. The molecule has 1 aliphatic heterocycles. The van der Waals surface area contributed by atoms with Crippen molar-refractivity contribution < 1.29 is 13.2 Å². The predicted octanol–water partition coefficient (Wildman–Crippen LogP) is 2.39. The first-order valence-corrected chi connectivity index (χ1v) is 12.0. The van der Waals surface area contributed by atoms with Crippen LogP contribution in [0.3, 0.4) is 0 Å². The first-order valence-electron chi connectivity index (χ1n) is 9.79. The van der Waals surface area contributed by atoms with Crippen molar-refractivity contribution in [3.05, 3.63) is 64.8 Å². The number of halogens is 1. The number of hydrazone groups is 1. The molecule has 0 atom stereocenters. The lowest BCUT2D eigenvalue weighted by atomic mass is 10.2. The topological polar surface area (TPSA) is 97.9 Å². The third-order valence-electron chi connectivity index (χ3n) is 5.16. The molecule has 0 spiro atoms. The molecule has 31 heavy (non-hydrogen) atoms. The van der Waals surface area contributed by atoms with Gasteiger partial charge in [-0.1, -0.05) is 34.1 Å². The SMILES string of the molecule is O=C(CN1CCN(S(=O)(=O)c2ccc(Br)cc2)CC1)N/N=C/c1c[nH]c2ccccc12. The Labute approximate surface area is 189 Å². The molecule has 4 rings (SSSR count). The Morgan fingerprint density at radius 2 is 1.81 bits per heavy atom. The first-order chi connectivity index (χ1) is 14.9. The van der Waals surface area contributed by atoms with E-state index >= 15 is 0 Å². The first kappa shape index (κ1) is 21.7. The fourth-order valence-corrected chi connectivity index (χ4v) is 5.18. The fourth-order valence-electron chi connectivity index (χ4n) is 3.50. The van der Waals surface area contributed by atoms with E-state index in [-0.39, 0.29) is 17.3 Å². The highest BCUT2D eigenvalue weighted by molar-refractivity contribution is 9.10. The zero-order chi connectivity index (χ0) is 21.8. The van der Waals surface area contributed by atoms with Crippen LogP contribution >= 0.6 is 15.9 Å². The van der Waals surface area contributed by atoms with Crippen molar-refractivity contribution >= 4 is 49.0 Å². The van der Waals surface area contributed by atoms with Crippen LogP contribution in [0.15, 0.2) is 69.2 Å². The molecule has 8 nitrogen and oxygen atoms in total. The number of carbonyl (C=O) groups excluding carboxylic acids is 1. The number of nitrogens with one attached hydrogen (secondary N) is 2. The number of para-hydroxylation sites is 1. The van der Waals surface area contributed by atoms with Gasteiger partial charge >= 0.3 is 0 Å². The Bertz CT molecular complexity index is 1200. The summed E-state index contributed by atoms with van der Waals surface area (Å²) >= 11 is 3.31. The number of hydrogen-bond donors (Lipinski definition) is 2. The number of carbonyl (C=O) groups is 1. The standard InChI is InChI=1S/C21H22BrN5O3S/c22-17-5-7-18(8-6-17)31(29,30)27-11-9-26(10-12-27)15-21(28)25-24-14-16-13-23-20-4-2-1-3-19(16)20/h1-8,13-14,23H,9-12,15H2,(H,25,28)/b24-14+. The monoisotopic (exact) mass is 503 g/mol. The maximum absolute atomic E-state index is 12.8. The van der Waals surface area contributed by atoms with Crippen LogP contribution < -0.4 is 5.43 Å². The number of hydrogen-bond acceptors (Lipinski definition) is 5. The summed E-state index contributed by atoms with van der Waals surface area (Å²) in [6, 6.07) is 14.5. The highest BCUT2D eigenvalue weighted by Gasteiger charge is 2.28. The van der Waals surface area contributed by atoms with E-state index in [1.54, 1.807) is 30.5 Å². The van der Waals surface area contributed by atoms with Crippen LogP contribution in [0.25, 0.3) is 10.9 Å². The molecule has 2 N–H and O–H groups in total. The molecule has 0 bridgehead atoms. The van der Waals surface area contributed by atoms with Crippen molar-refractivity contribution in [1.82, 2.24) is 19.6 Å². The summed E-state index contributed by atoms with van der Waals surface area (Å²) in [7, 11) is -3.53. The molecule has 0 radical (unpaired) electrons. The highest BCUT2D eigenvalue weighted by Crippen LogP contribution is 2.20. The number of H-pyrrole nitrogens is 1. The molecule has 1 saturated heterocycles. The Morgan fingerprint density at radius 1 is 1.10 bits per heavy atom. The number of nitrogens with zero attached hydrogens (tertiary/aromatic N) is 3. The quantitative estimate of drug-likeness (QED) is 0.398. The van der Waals surface area contributed by atoms with Crippen molar-refractivity contribution in [2.75, 3.05) is 32.7 Å². The van der Waals surface area contributed by atoms with Gasteiger partial charge in [0.1, 0.15) is 0 Å². The molecule has 1 amide bonds. The summed E-state index contributed by atoms with van der Waals surface area (Å²) < 4.78 is 27.8. The van der Waals surface area contributed by atoms with Crippen LogP contribution in [0.4, 0.5) is 0 Å². The largest absolute Gasteiger partial charge is 0.361 e. The van der Waals surface area contributed by atoms with Gasteiger partial charge in [-0.3, -0.25) is 9.69 Å². The number of rotatable bonds is 6. The highest BCUT2D eigenvalue weighted by atomic mass is 79.9. The van der Waals surface area contributed by atoms with E-state index in [1.807, 2.05) is 35.4 Å². The number of benzene rings is 2. The van der Waals surface area contributed by atoms with Crippen molar-refractivity contribution in [3.8, 4) is 0 Å². The fraction of sp³-hybridized carbons (Fsp3) is 0.238. The summed E-state index contributed by atoms with van der Waals surface area (Å²) in [5.41, 5.74) is 4.44. The van der Waals surface area contributed by atoms with Crippen molar-refractivity contribution in [1.29, 1.82) is 0 Å². The molecule has 2 heterocycles. The molecule has 0 unspecified atom stereocenters. The lowest BCUT2D eigenvalue weighted by Crippen LogP contribution is -2.50. The Morgan fingerprint density at radius 3 is 2.55 bits per heavy atom. The lowest BCUT2D eigenvalue weighted by Gasteiger charge is -2.33. The summed E-state index contributed by atoms with van der Waals surface area (Å²) in [5, 5.41) is 5.08. The third kappa shape index (κ3) is 5.04. The van der Waals surface area contributed by atoms with Gasteiger partial charge in [-0.25, -0.2) is 13.8 Å². The molecular formula is C21H22BrN5O3S. The Kier molecular flexibility index (Phi) is 6.51. The Hall–Kier alpha value is -2.53. The number of aromatic nitrogens is 1. The average molecular weight is 504 g/mol. The molecule has 0 saturated carbocycles. The second-order valence-corrected chi connectivity index (χ2v) is 10.1. The molecule has 1 aromatic heterocycles. The second kappa shape index (κ2) is 9.31. The van der Waals surface area contributed by atoms with Crippen LogP contribution in [0.5, 0.6) is 0 Å². The van der Waals surface area contributed by atoms with Gasteiger partial charge < -0.3 is 4.98 Å². The van der Waals surface area contributed by atoms with Crippen LogP contribution in [-0.4, -0.2) is 67.5 Å². The number of aromatic amines is 1. The normalized spacial score (nSPS) is 16.2. The molecule has 3 aromatic rings. The molecular weight excluding hydrogens is 482 g/mol. The zero-order valence-corrected chi connectivity index (χ0v) is 19.1. The van der Waals surface area contributed by atoms with Crippen LogP contribution in [0.2, 0.25) is 0 Å². The number of piperazine rings is 1. The van der Waals surface area contributed by atoms with Gasteiger partial charge in [0.25, 0.3) is 5.91 Å². The van der Waals surface area contributed by atoms with Crippen molar-refractivity contribution in [3.63, 3.8) is 0 Å². The third-order valence-corrected chi connectivity index (χ3v) is 7.61. The van der Waals surface area contributed by atoms with Gasteiger partial charge in [-0.05, 0) is 30.3 Å². The van der Waals surface area contributed by atoms with Crippen LogP contribution in [-0.2, 0) is 14.8 Å². The van der Waals surface area contributed by atoms with Crippen molar-refractivity contribution in [2.45, 2.75) is 4.90 Å². The zero-order valence-electron chi connectivity index (χ0n) is 16.7. The lowest BCUT2D eigenvalue weighted by molar-refractivity contribution is -0.122. The van der Waals surface area contributed by atoms with Gasteiger partial charge in [0.15, 0.2) is 0 Å². The average Bonchev–Trinajstić information content (AvgIpc) is 3.18. The van der Waals surface area contributed by atoms with E-state index in [4.69, 9.17) is 0 Å². The molecule has 162 valence electrons.